The Morgan fingerprint density at radius 1 is 1.26 bits per heavy atom. The lowest BCUT2D eigenvalue weighted by Crippen LogP contribution is -2.24. The average molecular weight is 449 g/mol. The number of carboxylic acids is 1. The molecule has 0 bridgehead atoms. The summed E-state index contributed by atoms with van der Waals surface area (Å²) in [6, 6.07) is 4.43. The summed E-state index contributed by atoms with van der Waals surface area (Å²) in [6.45, 7) is 1.58. The van der Waals surface area contributed by atoms with Gasteiger partial charge in [0.1, 0.15) is 5.82 Å². The molecule has 0 atom stereocenters. The highest BCUT2D eigenvalue weighted by Crippen LogP contribution is 2.44. The predicted molar refractivity (Wildman–Crippen MR) is 107 cm³/mol. The first kappa shape index (κ1) is 21.1. The number of carbonyl (C=O) groups is 2. The van der Waals surface area contributed by atoms with Gasteiger partial charge in [0.05, 0.1) is 27.5 Å². The number of nitrogens with zero attached hydrogens (tertiary/aromatic N) is 2. The molecule has 0 unspecified atom stereocenters. The van der Waals surface area contributed by atoms with E-state index in [1.165, 1.54) is 18.5 Å². The zero-order chi connectivity index (χ0) is 22.5. The number of carbonyl (C=O) groups excluding carboxylic acids is 1. The van der Waals surface area contributed by atoms with Crippen molar-refractivity contribution in [3.05, 3.63) is 81.1 Å². The number of halogens is 4. The van der Waals surface area contributed by atoms with Crippen LogP contribution in [0, 0.1) is 12.7 Å². The first-order valence-electron chi connectivity index (χ1n) is 9.43. The van der Waals surface area contributed by atoms with Crippen molar-refractivity contribution >= 4 is 23.4 Å². The van der Waals surface area contributed by atoms with E-state index in [1.54, 1.807) is 6.92 Å². The van der Waals surface area contributed by atoms with E-state index >= 15 is 0 Å². The van der Waals surface area contributed by atoms with Crippen LogP contribution >= 0.6 is 11.6 Å². The Kier molecular flexibility index (Phi) is 5.13. The number of aryl methyl sites for hydroxylation is 1. The molecule has 1 N–H and O–H groups in total. The van der Waals surface area contributed by atoms with Gasteiger partial charge in [-0.05, 0) is 49.6 Å². The Bertz CT molecular complexity index is 1220. The molecule has 0 spiro atoms. The molecule has 2 aromatic heterocycles. The Hall–Kier alpha value is -3.13. The van der Waals surface area contributed by atoms with Gasteiger partial charge in [-0.3, -0.25) is 9.78 Å². The summed E-state index contributed by atoms with van der Waals surface area (Å²) in [5.41, 5.74) is -0.490. The third-order valence-electron chi connectivity index (χ3n) is 5.39. The van der Waals surface area contributed by atoms with Gasteiger partial charge in [0.25, 0.3) is 5.92 Å². The lowest BCUT2D eigenvalue weighted by Gasteiger charge is -2.25. The highest BCUT2D eigenvalue weighted by atomic mass is 35.5. The SMILES string of the molecule is Cc1nccc(Cl)c1C(=O)c1cn(-c2ccc(C(=O)O)cc2F)c2c1CCCC2(F)F. The summed E-state index contributed by atoms with van der Waals surface area (Å²) in [5.74, 6) is -6.21. The molecule has 0 fully saturated rings. The van der Waals surface area contributed by atoms with E-state index in [1.807, 2.05) is 0 Å². The van der Waals surface area contributed by atoms with Crippen molar-refractivity contribution in [2.75, 3.05) is 0 Å². The van der Waals surface area contributed by atoms with E-state index in [9.17, 15) is 22.8 Å². The Morgan fingerprint density at radius 2 is 2.00 bits per heavy atom. The fraction of sp³-hybridized carbons (Fsp3) is 0.227. The van der Waals surface area contributed by atoms with Crippen molar-refractivity contribution in [2.24, 2.45) is 0 Å². The minimum atomic E-state index is -3.29. The molecule has 0 saturated heterocycles. The molecule has 31 heavy (non-hydrogen) atoms. The van der Waals surface area contributed by atoms with Crippen LogP contribution in [0.4, 0.5) is 13.2 Å². The number of alkyl halides is 2. The summed E-state index contributed by atoms with van der Waals surface area (Å²) < 4.78 is 45.5. The number of pyridine rings is 1. The van der Waals surface area contributed by atoms with Gasteiger partial charge in [0.15, 0.2) is 5.78 Å². The molecule has 5 nitrogen and oxygen atoms in total. The smallest absolute Gasteiger partial charge is 0.335 e. The number of hydrogen-bond acceptors (Lipinski definition) is 3. The zero-order valence-electron chi connectivity index (χ0n) is 16.3. The van der Waals surface area contributed by atoms with E-state index in [0.29, 0.717) is 5.69 Å². The van der Waals surface area contributed by atoms with Gasteiger partial charge < -0.3 is 9.67 Å². The van der Waals surface area contributed by atoms with Gasteiger partial charge in [0.2, 0.25) is 0 Å². The molecule has 0 saturated carbocycles. The third-order valence-corrected chi connectivity index (χ3v) is 5.70. The van der Waals surface area contributed by atoms with Crippen molar-refractivity contribution < 1.29 is 27.9 Å². The Balaban J connectivity index is 1.96. The van der Waals surface area contributed by atoms with Crippen LogP contribution in [0.25, 0.3) is 5.69 Å². The summed E-state index contributed by atoms with van der Waals surface area (Å²) in [7, 11) is 0. The summed E-state index contributed by atoms with van der Waals surface area (Å²) in [5, 5.41) is 9.18. The van der Waals surface area contributed by atoms with Gasteiger partial charge in [0, 0.05) is 30.1 Å². The largest absolute Gasteiger partial charge is 0.478 e. The van der Waals surface area contributed by atoms with E-state index in [0.717, 1.165) is 22.8 Å². The number of fused-ring (bicyclic) bond motifs is 1. The van der Waals surface area contributed by atoms with Crippen molar-refractivity contribution in [1.82, 2.24) is 9.55 Å². The van der Waals surface area contributed by atoms with Gasteiger partial charge in [-0.15, -0.1) is 0 Å². The maximum Gasteiger partial charge on any atom is 0.335 e. The number of ketones is 1. The van der Waals surface area contributed by atoms with E-state index in [4.69, 9.17) is 16.7 Å². The van der Waals surface area contributed by atoms with E-state index < -0.39 is 35.6 Å². The summed E-state index contributed by atoms with van der Waals surface area (Å²) >= 11 is 6.18. The molecule has 2 heterocycles. The maximum atomic E-state index is 14.9. The second kappa shape index (κ2) is 7.53. The molecule has 1 aromatic carbocycles. The number of hydrogen-bond donors (Lipinski definition) is 1. The molecular weight excluding hydrogens is 433 g/mol. The normalized spacial score (nSPS) is 14.9. The van der Waals surface area contributed by atoms with Gasteiger partial charge in [-0.2, -0.15) is 8.78 Å². The van der Waals surface area contributed by atoms with Crippen molar-refractivity contribution in [1.29, 1.82) is 0 Å². The quantitative estimate of drug-likeness (QED) is 0.547. The van der Waals surface area contributed by atoms with E-state index in [-0.39, 0.29) is 45.8 Å². The molecule has 4 rings (SSSR count). The average Bonchev–Trinajstić information content (AvgIpc) is 3.08. The molecule has 9 heteroatoms. The lowest BCUT2D eigenvalue weighted by molar-refractivity contribution is -0.0276. The number of carboxylic acid groups (broad SMARTS) is 1. The summed E-state index contributed by atoms with van der Waals surface area (Å²) in [6.07, 6.45) is 2.53. The van der Waals surface area contributed by atoms with Crippen LogP contribution < -0.4 is 0 Å². The van der Waals surface area contributed by atoms with Crippen LogP contribution in [0.15, 0.2) is 36.7 Å². The van der Waals surface area contributed by atoms with Crippen LogP contribution in [0.2, 0.25) is 5.02 Å². The Morgan fingerprint density at radius 3 is 2.65 bits per heavy atom. The second-order valence-corrected chi connectivity index (χ2v) is 7.76. The molecule has 0 aliphatic heterocycles. The highest BCUT2D eigenvalue weighted by molar-refractivity contribution is 6.35. The van der Waals surface area contributed by atoms with Crippen molar-refractivity contribution in [3.63, 3.8) is 0 Å². The third kappa shape index (κ3) is 3.50. The molecule has 160 valence electrons. The summed E-state index contributed by atoms with van der Waals surface area (Å²) in [4.78, 5) is 28.4. The lowest BCUT2D eigenvalue weighted by atomic mass is 9.89. The Labute approximate surface area is 180 Å². The molecule has 0 amide bonds. The molecule has 3 aromatic rings. The number of rotatable bonds is 4. The second-order valence-electron chi connectivity index (χ2n) is 7.35. The number of aromatic carboxylic acids is 1. The van der Waals surface area contributed by atoms with Crippen LogP contribution in [0.3, 0.4) is 0 Å². The van der Waals surface area contributed by atoms with Crippen LogP contribution in [-0.2, 0) is 12.3 Å². The molecular formula is C22H16ClF3N2O3. The van der Waals surface area contributed by atoms with Crippen LogP contribution in [-0.4, -0.2) is 26.4 Å². The number of aromatic nitrogens is 2. The number of benzene rings is 1. The van der Waals surface area contributed by atoms with Crippen LogP contribution in [0.5, 0.6) is 0 Å². The standard InChI is InChI=1S/C22H16ClF3N2O3/c1-11-18(15(23)6-8-27-11)19(29)14-10-28(20-13(14)3-2-7-22(20,25)26)17-5-4-12(21(30)31)9-16(17)24/h4-6,8-10H,2-3,7H2,1H3,(H,30,31). The predicted octanol–water partition coefficient (Wildman–Crippen LogP) is 5.33. The minimum Gasteiger partial charge on any atom is -0.478 e. The topological polar surface area (TPSA) is 72.2 Å². The zero-order valence-corrected chi connectivity index (χ0v) is 17.0. The molecule has 0 radical (unpaired) electrons. The fourth-order valence-electron chi connectivity index (χ4n) is 3.96. The highest BCUT2D eigenvalue weighted by Gasteiger charge is 2.43. The fourth-order valence-corrected chi connectivity index (χ4v) is 4.24. The van der Waals surface area contributed by atoms with Crippen molar-refractivity contribution in [2.45, 2.75) is 32.1 Å². The van der Waals surface area contributed by atoms with Gasteiger partial charge >= 0.3 is 5.97 Å². The van der Waals surface area contributed by atoms with Gasteiger partial charge in [-0.1, -0.05) is 11.6 Å². The van der Waals surface area contributed by atoms with Crippen LogP contribution in [0.1, 0.15) is 56.1 Å². The minimum absolute atomic E-state index is 0.00548. The monoisotopic (exact) mass is 448 g/mol. The van der Waals surface area contributed by atoms with Crippen molar-refractivity contribution in [3.8, 4) is 5.69 Å². The molecule has 1 aliphatic carbocycles. The first-order chi connectivity index (χ1) is 14.6. The van der Waals surface area contributed by atoms with E-state index in [2.05, 4.69) is 4.98 Å². The molecule has 1 aliphatic rings. The first-order valence-corrected chi connectivity index (χ1v) is 9.81. The maximum absolute atomic E-state index is 14.9. The van der Waals surface area contributed by atoms with Gasteiger partial charge in [-0.25, -0.2) is 9.18 Å².